The number of nitriles is 2. The quantitative estimate of drug-likeness (QED) is 0.475. The minimum atomic E-state index is 0.136. The number of fused-ring (bicyclic) bond motifs is 1. The molecule has 0 bridgehead atoms. The summed E-state index contributed by atoms with van der Waals surface area (Å²) in [5.41, 5.74) is 1.51. The van der Waals surface area contributed by atoms with Gasteiger partial charge < -0.3 is 17.8 Å². The summed E-state index contributed by atoms with van der Waals surface area (Å²) < 4.78 is 13.3. The van der Waals surface area contributed by atoms with Crippen molar-refractivity contribution in [2.45, 2.75) is 13.8 Å². The molecule has 0 aliphatic carbocycles. The second-order valence-electron chi connectivity index (χ2n) is 6.01. The van der Waals surface area contributed by atoms with Crippen LogP contribution in [-0.4, -0.2) is 34.9 Å². The first-order valence-electron chi connectivity index (χ1n) is 8.12. The predicted molar refractivity (Wildman–Crippen MR) is 100 cm³/mol. The molecule has 0 aliphatic rings. The maximum Gasteiger partial charge on any atom is 0.238 e. The topological polar surface area (TPSA) is 110 Å². The van der Waals surface area contributed by atoms with Crippen LogP contribution in [0.4, 0.5) is 0 Å². The molecule has 0 saturated heterocycles. The molecule has 4 aromatic heterocycles. The highest BCUT2D eigenvalue weighted by Gasteiger charge is 2.22. The van der Waals surface area contributed by atoms with Crippen LogP contribution in [0.5, 0.6) is 0 Å². The second-order valence-corrected chi connectivity index (χ2v) is 6.01. The SMILES string of the molecule is [B]n1c(C)c2/c(=C(\C#N)c3ncco3)n([B])c(C)c2/c1=C(\C#N)c1ncco1. The Morgan fingerprint density at radius 3 is 1.54 bits per heavy atom. The molecule has 0 aromatic carbocycles. The van der Waals surface area contributed by atoms with Crippen LogP contribution in [0.1, 0.15) is 23.2 Å². The molecule has 10 heteroatoms. The Hall–Kier alpha value is -3.91. The molecule has 4 heterocycles. The van der Waals surface area contributed by atoms with E-state index in [0.29, 0.717) is 32.9 Å². The average Bonchev–Trinajstić information content (AvgIpc) is 3.47. The third-order valence-corrected chi connectivity index (χ3v) is 4.64. The lowest BCUT2D eigenvalue weighted by Gasteiger charge is -2.04. The van der Waals surface area contributed by atoms with Gasteiger partial charge in [0, 0.05) is 22.2 Å². The first kappa shape index (κ1) is 17.5. The Labute approximate surface area is 161 Å². The van der Waals surface area contributed by atoms with Crippen molar-refractivity contribution in [3.8, 4) is 12.1 Å². The highest BCUT2D eigenvalue weighted by Crippen LogP contribution is 2.21. The Morgan fingerprint density at radius 1 is 0.857 bits per heavy atom. The fourth-order valence-corrected chi connectivity index (χ4v) is 3.35. The van der Waals surface area contributed by atoms with E-state index in [1.165, 1.54) is 33.9 Å². The zero-order valence-corrected chi connectivity index (χ0v) is 15.0. The molecule has 4 rings (SSSR count). The van der Waals surface area contributed by atoms with Gasteiger partial charge in [-0.15, -0.1) is 0 Å². The normalized spacial score (nSPS) is 13.3. The van der Waals surface area contributed by atoms with Crippen molar-refractivity contribution in [3.05, 3.63) is 58.8 Å². The standard InChI is InChI=1S/C18H10B2N6O2/c1-9-13-14(16(25(9)19)12(8-22)18-24-4-6-28-18)10(2)26(20)15(13)11(7-21)17-23-3-5-27-17/h3-6H,1-2H3/b15-11-,16-12-. The number of hydrogen-bond donors (Lipinski definition) is 0. The lowest BCUT2D eigenvalue weighted by atomic mass is 10.1. The van der Waals surface area contributed by atoms with Gasteiger partial charge in [0.2, 0.25) is 27.7 Å². The van der Waals surface area contributed by atoms with Gasteiger partial charge in [-0.05, 0) is 13.8 Å². The van der Waals surface area contributed by atoms with E-state index in [1.54, 1.807) is 13.8 Å². The van der Waals surface area contributed by atoms with E-state index in [4.69, 9.17) is 24.8 Å². The first-order valence-corrected chi connectivity index (χ1v) is 8.12. The van der Waals surface area contributed by atoms with Crippen molar-refractivity contribution < 1.29 is 8.83 Å². The minimum absolute atomic E-state index is 0.136. The van der Waals surface area contributed by atoms with Crippen LogP contribution in [0.15, 0.2) is 33.8 Å². The lowest BCUT2D eigenvalue weighted by Crippen LogP contribution is -2.23. The fraction of sp³-hybridized carbons (Fsp3) is 0.111. The molecular formula is C18H10B2N6O2. The Bertz CT molecular complexity index is 1300. The molecule has 0 amide bonds. The van der Waals surface area contributed by atoms with Crippen molar-refractivity contribution >= 4 is 37.9 Å². The van der Waals surface area contributed by atoms with Gasteiger partial charge in [0.05, 0.1) is 23.1 Å². The van der Waals surface area contributed by atoms with Crippen LogP contribution < -0.4 is 10.7 Å². The van der Waals surface area contributed by atoms with Gasteiger partial charge in [-0.1, -0.05) is 0 Å². The number of aromatic nitrogens is 4. The van der Waals surface area contributed by atoms with Gasteiger partial charge >= 0.3 is 0 Å². The fourth-order valence-electron chi connectivity index (χ4n) is 3.35. The molecule has 4 aromatic rings. The highest BCUT2D eigenvalue weighted by molar-refractivity contribution is 6.14. The molecule has 0 saturated carbocycles. The van der Waals surface area contributed by atoms with E-state index in [-0.39, 0.29) is 22.9 Å². The number of hydrogen-bond acceptors (Lipinski definition) is 6. The van der Waals surface area contributed by atoms with Crippen LogP contribution in [0.25, 0.3) is 21.9 Å². The molecule has 8 nitrogen and oxygen atoms in total. The van der Waals surface area contributed by atoms with E-state index < -0.39 is 0 Å². The maximum absolute atomic E-state index is 9.74. The van der Waals surface area contributed by atoms with Gasteiger partial charge in [0.25, 0.3) is 0 Å². The molecule has 28 heavy (non-hydrogen) atoms. The van der Waals surface area contributed by atoms with Crippen molar-refractivity contribution in [2.24, 2.45) is 0 Å². The van der Waals surface area contributed by atoms with Gasteiger partial charge in [-0.2, -0.15) is 10.5 Å². The Kier molecular flexibility index (Phi) is 3.98. The van der Waals surface area contributed by atoms with E-state index in [2.05, 4.69) is 22.1 Å². The molecule has 0 N–H and O–H groups in total. The van der Waals surface area contributed by atoms with Crippen LogP contribution in [-0.2, 0) is 0 Å². The van der Waals surface area contributed by atoms with Crippen molar-refractivity contribution in [1.82, 2.24) is 18.9 Å². The van der Waals surface area contributed by atoms with Crippen LogP contribution in [0.2, 0.25) is 0 Å². The third-order valence-electron chi connectivity index (χ3n) is 4.64. The Balaban J connectivity index is 2.33. The first-order chi connectivity index (χ1) is 13.5. The predicted octanol–water partition coefficient (Wildman–Crippen LogP) is 0.344. The van der Waals surface area contributed by atoms with E-state index in [0.717, 1.165) is 0 Å². The van der Waals surface area contributed by atoms with Crippen LogP contribution in [0, 0.1) is 36.5 Å². The second kappa shape index (κ2) is 6.36. The van der Waals surface area contributed by atoms with Gasteiger partial charge in [-0.25, -0.2) is 9.97 Å². The molecule has 0 unspecified atom stereocenters. The van der Waals surface area contributed by atoms with E-state index in [9.17, 15) is 10.5 Å². The van der Waals surface area contributed by atoms with Gasteiger partial charge in [-0.3, -0.25) is 0 Å². The van der Waals surface area contributed by atoms with Gasteiger partial charge in [0.1, 0.15) is 35.8 Å². The average molecular weight is 364 g/mol. The van der Waals surface area contributed by atoms with Crippen molar-refractivity contribution in [3.63, 3.8) is 0 Å². The smallest absolute Gasteiger partial charge is 0.238 e. The summed E-state index contributed by atoms with van der Waals surface area (Å²) in [6.45, 7) is 3.54. The lowest BCUT2D eigenvalue weighted by molar-refractivity contribution is 0.542. The summed E-state index contributed by atoms with van der Waals surface area (Å²) in [4.78, 5) is 8.11. The summed E-state index contributed by atoms with van der Waals surface area (Å²) in [7, 11) is 12.6. The molecule has 130 valence electrons. The zero-order chi connectivity index (χ0) is 20.0. The Morgan fingerprint density at radius 2 is 1.25 bits per heavy atom. The highest BCUT2D eigenvalue weighted by atomic mass is 16.3. The molecule has 0 spiro atoms. The number of oxazole rings is 2. The minimum Gasteiger partial charge on any atom is -0.444 e. The number of nitrogens with zero attached hydrogens (tertiary/aromatic N) is 6. The largest absolute Gasteiger partial charge is 0.444 e. The maximum atomic E-state index is 9.74. The molecule has 0 aliphatic heterocycles. The molecule has 0 atom stereocenters. The summed E-state index contributed by atoms with van der Waals surface area (Å²) >= 11 is 0. The van der Waals surface area contributed by atoms with E-state index >= 15 is 0 Å². The van der Waals surface area contributed by atoms with Gasteiger partial charge in [0.15, 0.2) is 0 Å². The monoisotopic (exact) mass is 364 g/mol. The van der Waals surface area contributed by atoms with Crippen molar-refractivity contribution in [2.75, 3.05) is 0 Å². The summed E-state index contributed by atoms with van der Waals surface area (Å²) in [6.07, 6.45) is 5.63. The van der Waals surface area contributed by atoms with Crippen LogP contribution in [0.3, 0.4) is 0 Å². The summed E-state index contributed by atoms with van der Waals surface area (Å²) in [6, 6.07) is 4.20. The van der Waals surface area contributed by atoms with Crippen LogP contribution >= 0.6 is 0 Å². The summed E-state index contributed by atoms with van der Waals surface area (Å²) in [5, 5.41) is 21.5. The van der Waals surface area contributed by atoms with Crippen molar-refractivity contribution in [1.29, 1.82) is 10.5 Å². The third kappa shape index (κ3) is 2.25. The molecule has 4 radical (unpaired) electrons. The molecular weight excluding hydrogens is 354 g/mol. The van der Waals surface area contributed by atoms with E-state index in [1.807, 2.05) is 0 Å². The molecule has 0 fully saturated rings. The zero-order valence-electron chi connectivity index (χ0n) is 15.0. The number of rotatable bonds is 2. The number of aryl methyl sites for hydroxylation is 2. The summed E-state index contributed by atoms with van der Waals surface area (Å²) in [5.74, 6) is 0.271.